The molecule has 0 unspecified atom stereocenters. The van der Waals surface area contributed by atoms with E-state index in [0.29, 0.717) is 12.3 Å². The lowest BCUT2D eigenvalue weighted by Crippen LogP contribution is -2.58. The van der Waals surface area contributed by atoms with Crippen molar-refractivity contribution >= 4 is 5.97 Å². The van der Waals surface area contributed by atoms with Crippen molar-refractivity contribution in [2.75, 3.05) is 6.61 Å². The van der Waals surface area contributed by atoms with Crippen LogP contribution >= 0.6 is 0 Å². The Hall–Kier alpha value is -0.870. The third-order valence-corrected chi connectivity index (χ3v) is 7.14. The molecule has 2 rings (SSSR count). The lowest BCUT2D eigenvalue weighted by atomic mass is 9.45. The Morgan fingerprint density at radius 1 is 1.21 bits per heavy atom. The van der Waals surface area contributed by atoms with E-state index in [9.17, 15) is 15.0 Å². The zero-order valence-corrected chi connectivity index (χ0v) is 15.6. The molecule has 4 nitrogen and oxygen atoms in total. The molecule has 5 atom stereocenters. The second-order valence-electron chi connectivity index (χ2n) is 9.04. The van der Waals surface area contributed by atoms with Crippen LogP contribution in [0.5, 0.6) is 0 Å². The van der Waals surface area contributed by atoms with Gasteiger partial charge in [0.1, 0.15) is 0 Å². The van der Waals surface area contributed by atoms with Crippen molar-refractivity contribution in [3.05, 3.63) is 11.6 Å². The molecular weight excluding hydrogens is 304 g/mol. The molecule has 2 fully saturated rings. The number of carboxylic acid groups (broad SMARTS) is 1. The Bertz CT molecular complexity index is 510. The lowest BCUT2D eigenvalue weighted by molar-refractivity contribution is -0.179. The van der Waals surface area contributed by atoms with Crippen molar-refractivity contribution < 1.29 is 20.1 Å². The highest BCUT2D eigenvalue weighted by Gasteiger charge is 2.58. The molecule has 2 aliphatic carbocycles. The SMILES string of the molecule is C/C(=C\C(=O)O)CC[C@@H]1[C@@]2(C)CCC[C@@](C)(CO)[C@@H]2CC[C@@]1(C)O. The molecule has 0 heterocycles. The van der Waals surface area contributed by atoms with Crippen LogP contribution in [0.25, 0.3) is 0 Å². The summed E-state index contributed by atoms with van der Waals surface area (Å²) < 4.78 is 0. The van der Waals surface area contributed by atoms with Crippen molar-refractivity contribution in [1.82, 2.24) is 0 Å². The average Bonchev–Trinajstić information content (AvgIpc) is 2.44. The van der Waals surface area contributed by atoms with Gasteiger partial charge < -0.3 is 15.3 Å². The first-order chi connectivity index (χ1) is 11.0. The predicted octanol–water partition coefficient (Wildman–Crippen LogP) is 3.76. The highest BCUT2D eigenvalue weighted by molar-refractivity contribution is 5.80. The zero-order valence-electron chi connectivity index (χ0n) is 15.6. The average molecular weight is 338 g/mol. The Morgan fingerprint density at radius 2 is 1.88 bits per heavy atom. The van der Waals surface area contributed by atoms with Crippen LogP contribution in [0.3, 0.4) is 0 Å². The number of rotatable bonds is 5. The van der Waals surface area contributed by atoms with Crippen molar-refractivity contribution in [2.45, 2.75) is 78.2 Å². The van der Waals surface area contributed by atoms with Gasteiger partial charge in [-0.3, -0.25) is 0 Å². The minimum atomic E-state index is -0.905. The number of carboxylic acids is 1. The van der Waals surface area contributed by atoms with Gasteiger partial charge in [-0.15, -0.1) is 0 Å². The van der Waals surface area contributed by atoms with E-state index >= 15 is 0 Å². The molecule has 0 radical (unpaired) electrons. The molecular formula is C20H34O4. The van der Waals surface area contributed by atoms with Gasteiger partial charge in [-0.25, -0.2) is 4.79 Å². The van der Waals surface area contributed by atoms with E-state index in [1.807, 2.05) is 13.8 Å². The van der Waals surface area contributed by atoms with Gasteiger partial charge in [-0.1, -0.05) is 25.8 Å². The number of aliphatic carboxylic acids is 1. The molecule has 2 aliphatic rings. The van der Waals surface area contributed by atoms with Crippen LogP contribution in [0.15, 0.2) is 11.6 Å². The van der Waals surface area contributed by atoms with E-state index in [4.69, 9.17) is 5.11 Å². The van der Waals surface area contributed by atoms with Crippen molar-refractivity contribution in [2.24, 2.45) is 22.7 Å². The quantitative estimate of drug-likeness (QED) is 0.667. The highest BCUT2D eigenvalue weighted by atomic mass is 16.4. The van der Waals surface area contributed by atoms with Crippen molar-refractivity contribution in [3.63, 3.8) is 0 Å². The van der Waals surface area contributed by atoms with Crippen LogP contribution in [0.2, 0.25) is 0 Å². The highest BCUT2D eigenvalue weighted by Crippen LogP contribution is 2.62. The number of allylic oxidation sites excluding steroid dienone is 1. The maximum atomic E-state index is 11.1. The van der Waals surface area contributed by atoms with Crippen molar-refractivity contribution in [3.8, 4) is 0 Å². The number of carbonyl (C=O) groups is 1. The Labute approximate surface area is 146 Å². The van der Waals surface area contributed by atoms with E-state index in [0.717, 1.165) is 44.1 Å². The molecule has 0 saturated heterocycles. The second-order valence-corrected chi connectivity index (χ2v) is 9.04. The molecule has 3 N–H and O–H groups in total. The fourth-order valence-electron chi connectivity index (χ4n) is 5.92. The van der Waals surface area contributed by atoms with Crippen LogP contribution in [0.1, 0.15) is 72.6 Å². The number of hydrogen-bond donors (Lipinski definition) is 3. The van der Waals surface area contributed by atoms with Gasteiger partial charge in [0.05, 0.1) is 5.60 Å². The summed E-state index contributed by atoms with van der Waals surface area (Å²) in [5.41, 5.74) is 0.0710. The fourth-order valence-corrected chi connectivity index (χ4v) is 5.92. The minimum Gasteiger partial charge on any atom is -0.478 e. The van der Waals surface area contributed by atoms with E-state index in [2.05, 4.69) is 13.8 Å². The van der Waals surface area contributed by atoms with Crippen LogP contribution in [0, 0.1) is 22.7 Å². The smallest absolute Gasteiger partial charge is 0.328 e. The summed E-state index contributed by atoms with van der Waals surface area (Å²) >= 11 is 0. The van der Waals surface area contributed by atoms with E-state index < -0.39 is 11.6 Å². The summed E-state index contributed by atoms with van der Waals surface area (Å²) in [4.78, 5) is 10.8. The molecule has 0 spiro atoms. The maximum Gasteiger partial charge on any atom is 0.328 e. The summed E-state index contributed by atoms with van der Waals surface area (Å²) in [6, 6.07) is 0. The van der Waals surface area contributed by atoms with Gasteiger partial charge in [0.25, 0.3) is 0 Å². The second kappa shape index (κ2) is 6.80. The minimum absolute atomic E-state index is 0.000976. The van der Waals surface area contributed by atoms with Gasteiger partial charge >= 0.3 is 5.97 Å². The molecule has 4 heteroatoms. The molecule has 24 heavy (non-hydrogen) atoms. The third-order valence-electron chi connectivity index (χ3n) is 7.14. The normalized spacial score (nSPS) is 43.3. The molecule has 138 valence electrons. The van der Waals surface area contributed by atoms with E-state index in [1.54, 1.807) is 0 Å². The Balaban J connectivity index is 2.27. The molecule has 0 amide bonds. The molecule has 0 aliphatic heterocycles. The zero-order chi connectivity index (χ0) is 18.2. The number of fused-ring (bicyclic) bond motifs is 1. The Kier molecular flexibility index (Phi) is 5.51. The van der Waals surface area contributed by atoms with Gasteiger partial charge in [0.2, 0.25) is 0 Å². The Morgan fingerprint density at radius 3 is 2.46 bits per heavy atom. The fraction of sp³-hybridized carbons (Fsp3) is 0.850. The monoisotopic (exact) mass is 338 g/mol. The summed E-state index contributed by atoms with van der Waals surface area (Å²) in [5.74, 6) is -0.359. The first-order valence-corrected chi connectivity index (χ1v) is 9.28. The topological polar surface area (TPSA) is 77.8 Å². The van der Waals surface area contributed by atoms with Gasteiger partial charge in [-0.05, 0) is 75.0 Å². The molecule has 0 bridgehead atoms. The number of aliphatic hydroxyl groups is 2. The first-order valence-electron chi connectivity index (χ1n) is 9.28. The van der Waals surface area contributed by atoms with Crippen LogP contribution < -0.4 is 0 Å². The van der Waals surface area contributed by atoms with Gasteiger partial charge in [-0.2, -0.15) is 0 Å². The summed E-state index contributed by atoms with van der Waals surface area (Å²) in [6.07, 6.45) is 7.71. The number of hydrogen-bond acceptors (Lipinski definition) is 3. The molecule has 2 saturated carbocycles. The van der Waals surface area contributed by atoms with Gasteiger partial charge in [0, 0.05) is 12.7 Å². The largest absolute Gasteiger partial charge is 0.478 e. The predicted molar refractivity (Wildman–Crippen MR) is 94.6 cm³/mol. The molecule has 0 aromatic rings. The van der Waals surface area contributed by atoms with Crippen molar-refractivity contribution in [1.29, 1.82) is 0 Å². The summed E-state index contributed by atoms with van der Waals surface area (Å²) in [5, 5.41) is 30.0. The maximum absolute atomic E-state index is 11.1. The van der Waals surface area contributed by atoms with E-state index in [-0.39, 0.29) is 23.4 Å². The standard InChI is InChI=1S/C20H34O4/c1-14(12-17(22)23)6-7-16-19(3)10-5-9-18(2,13-21)15(19)8-11-20(16,4)24/h12,15-16,21,24H,5-11,13H2,1-4H3,(H,22,23)/b14-12+/t15-,16+,18-,19-,20+/m0/s1. The van der Waals surface area contributed by atoms with Crippen LogP contribution in [-0.4, -0.2) is 33.5 Å². The van der Waals surface area contributed by atoms with Gasteiger partial charge in [0.15, 0.2) is 0 Å². The van der Waals surface area contributed by atoms with Crippen LogP contribution in [-0.2, 0) is 4.79 Å². The summed E-state index contributed by atoms with van der Waals surface area (Å²) in [7, 11) is 0. The third kappa shape index (κ3) is 3.55. The molecule has 0 aromatic heterocycles. The first kappa shape index (κ1) is 19.5. The molecule has 0 aromatic carbocycles. The summed E-state index contributed by atoms with van der Waals surface area (Å²) in [6.45, 7) is 8.49. The number of aliphatic hydroxyl groups excluding tert-OH is 1. The van der Waals surface area contributed by atoms with E-state index in [1.165, 1.54) is 6.08 Å². The lowest BCUT2D eigenvalue weighted by Gasteiger charge is -2.61. The van der Waals surface area contributed by atoms with Crippen LogP contribution in [0.4, 0.5) is 0 Å².